The summed E-state index contributed by atoms with van der Waals surface area (Å²) >= 11 is 7.05. The van der Waals surface area contributed by atoms with Crippen molar-refractivity contribution in [3.05, 3.63) is 134 Å². The van der Waals surface area contributed by atoms with Crippen molar-refractivity contribution in [1.29, 1.82) is 0 Å². The normalized spacial score (nSPS) is 17.7. The van der Waals surface area contributed by atoms with E-state index in [9.17, 15) is 18.0 Å². The van der Waals surface area contributed by atoms with Gasteiger partial charge in [-0.2, -0.15) is 13.2 Å². The van der Waals surface area contributed by atoms with E-state index in [0.717, 1.165) is 20.6 Å². The number of halogens is 5. The van der Waals surface area contributed by atoms with Gasteiger partial charge < -0.3 is 14.6 Å². The highest BCUT2D eigenvalue weighted by Gasteiger charge is 2.53. The molecule has 1 heterocycles. The van der Waals surface area contributed by atoms with Gasteiger partial charge in [0.1, 0.15) is 5.75 Å². The molecule has 0 aliphatic carbocycles. The monoisotopic (exact) mass is 759 g/mol. The van der Waals surface area contributed by atoms with Crippen LogP contribution in [0.1, 0.15) is 40.3 Å². The minimum atomic E-state index is -4.55. The second-order valence-corrected chi connectivity index (χ2v) is 12.3. The van der Waals surface area contributed by atoms with Crippen LogP contribution in [0.4, 0.5) is 13.2 Å². The molecule has 0 fully saturated rings. The molecule has 0 spiro atoms. The SMILES string of the molecule is O=C(NNCc1ccccc1C(F)(F)F)[C@@]1(Cc2ccccc2Br)N=C(c2ccc(OCCCO)cc2)O[C@H]1c1ccc(Br)cc1. The molecule has 0 radical (unpaired) electrons. The number of aliphatic hydroxyl groups excluding tert-OH is 1. The fraction of sp³-hybridized carbons (Fsp3) is 0.235. The summed E-state index contributed by atoms with van der Waals surface area (Å²) in [4.78, 5) is 19.3. The number of ether oxygens (including phenoxy) is 2. The molecule has 3 N–H and O–H groups in total. The van der Waals surface area contributed by atoms with Gasteiger partial charge in [0.15, 0.2) is 11.6 Å². The highest BCUT2D eigenvalue weighted by atomic mass is 79.9. The van der Waals surface area contributed by atoms with E-state index in [1.54, 1.807) is 24.3 Å². The number of alkyl halides is 3. The largest absolute Gasteiger partial charge is 0.494 e. The summed E-state index contributed by atoms with van der Waals surface area (Å²) in [5, 5.41) is 9.04. The van der Waals surface area contributed by atoms with Gasteiger partial charge in [-0.25, -0.2) is 10.4 Å². The molecule has 4 aromatic carbocycles. The molecule has 0 aromatic heterocycles. The second kappa shape index (κ2) is 14.8. The average Bonchev–Trinajstić information content (AvgIpc) is 3.43. The summed E-state index contributed by atoms with van der Waals surface area (Å²) in [5.41, 5.74) is 5.03. The Hall–Kier alpha value is -3.71. The lowest BCUT2D eigenvalue weighted by atomic mass is 9.82. The van der Waals surface area contributed by atoms with Crippen LogP contribution in [0.25, 0.3) is 0 Å². The molecule has 46 heavy (non-hydrogen) atoms. The number of benzene rings is 4. The molecular formula is C34H30Br2F3N3O4. The number of rotatable bonds is 12. The van der Waals surface area contributed by atoms with E-state index >= 15 is 0 Å². The third-order valence-corrected chi connectivity index (χ3v) is 8.73. The summed E-state index contributed by atoms with van der Waals surface area (Å²) in [5.74, 6) is 0.236. The van der Waals surface area contributed by atoms with Crippen molar-refractivity contribution in [1.82, 2.24) is 10.9 Å². The first kappa shape index (κ1) is 33.6. The van der Waals surface area contributed by atoms with E-state index in [-0.39, 0.29) is 31.0 Å². The number of carbonyl (C=O) groups excluding carboxylic acids is 1. The van der Waals surface area contributed by atoms with Crippen LogP contribution in [-0.2, 0) is 28.7 Å². The molecule has 0 saturated heterocycles. The first-order valence-corrected chi connectivity index (χ1v) is 16.0. The average molecular weight is 761 g/mol. The Morgan fingerprint density at radius 2 is 1.61 bits per heavy atom. The van der Waals surface area contributed by atoms with Crippen molar-refractivity contribution >= 4 is 43.7 Å². The summed E-state index contributed by atoms with van der Waals surface area (Å²) in [7, 11) is 0. The van der Waals surface area contributed by atoms with Gasteiger partial charge in [-0.15, -0.1) is 0 Å². The van der Waals surface area contributed by atoms with Crippen LogP contribution in [0.15, 0.2) is 111 Å². The zero-order chi connectivity index (χ0) is 32.7. The predicted molar refractivity (Wildman–Crippen MR) is 175 cm³/mol. The molecule has 240 valence electrons. The van der Waals surface area contributed by atoms with Gasteiger partial charge in [0, 0.05) is 40.5 Å². The molecule has 2 atom stereocenters. The zero-order valence-electron chi connectivity index (χ0n) is 24.4. The molecule has 0 bridgehead atoms. The van der Waals surface area contributed by atoms with Gasteiger partial charge in [0.05, 0.1) is 12.2 Å². The van der Waals surface area contributed by atoms with Crippen molar-refractivity contribution in [2.24, 2.45) is 4.99 Å². The summed E-state index contributed by atoms with van der Waals surface area (Å²) in [6, 6.07) is 27.0. The van der Waals surface area contributed by atoms with Crippen LogP contribution in [0.3, 0.4) is 0 Å². The number of amides is 1. The van der Waals surface area contributed by atoms with Gasteiger partial charge in [-0.1, -0.05) is 80.4 Å². The fourth-order valence-electron chi connectivity index (χ4n) is 5.13. The van der Waals surface area contributed by atoms with Crippen molar-refractivity contribution in [3.63, 3.8) is 0 Å². The van der Waals surface area contributed by atoms with Gasteiger partial charge in [-0.05, 0) is 65.2 Å². The smallest absolute Gasteiger partial charge is 0.416 e. The van der Waals surface area contributed by atoms with Crippen LogP contribution < -0.4 is 15.6 Å². The van der Waals surface area contributed by atoms with Gasteiger partial charge >= 0.3 is 6.18 Å². The molecule has 1 aliphatic rings. The lowest BCUT2D eigenvalue weighted by Crippen LogP contribution is -2.53. The Balaban J connectivity index is 1.52. The maximum Gasteiger partial charge on any atom is 0.416 e. The van der Waals surface area contributed by atoms with Crippen LogP contribution in [0, 0.1) is 0 Å². The number of carbonyl (C=O) groups is 1. The highest BCUT2D eigenvalue weighted by Crippen LogP contribution is 2.43. The van der Waals surface area contributed by atoms with E-state index in [0.29, 0.717) is 29.9 Å². The Morgan fingerprint density at radius 1 is 0.935 bits per heavy atom. The molecular weight excluding hydrogens is 731 g/mol. The topological polar surface area (TPSA) is 92.2 Å². The third-order valence-electron chi connectivity index (χ3n) is 7.42. The Labute approximate surface area is 281 Å². The highest BCUT2D eigenvalue weighted by molar-refractivity contribution is 9.10. The number of aliphatic imine (C=N–C) groups is 1. The van der Waals surface area contributed by atoms with Crippen molar-refractivity contribution in [3.8, 4) is 5.75 Å². The molecule has 4 aromatic rings. The molecule has 1 aliphatic heterocycles. The fourth-order valence-corrected chi connectivity index (χ4v) is 5.82. The zero-order valence-corrected chi connectivity index (χ0v) is 27.5. The van der Waals surface area contributed by atoms with Crippen LogP contribution in [0.2, 0.25) is 0 Å². The maximum absolute atomic E-state index is 14.3. The molecule has 0 unspecified atom stereocenters. The van der Waals surface area contributed by atoms with Gasteiger partial charge in [0.2, 0.25) is 5.90 Å². The molecule has 1 amide bonds. The summed E-state index contributed by atoms with van der Waals surface area (Å²) < 4.78 is 54.6. The summed E-state index contributed by atoms with van der Waals surface area (Å²) in [6.45, 7) is 0.102. The quantitative estimate of drug-likeness (QED) is 0.104. The first-order valence-electron chi connectivity index (χ1n) is 14.4. The minimum Gasteiger partial charge on any atom is -0.494 e. The van der Waals surface area contributed by atoms with Crippen molar-refractivity contribution < 1.29 is 32.5 Å². The molecule has 7 nitrogen and oxygen atoms in total. The number of nitrogens with one attached hydrogen (secondary N) is 2. The maximum atomic E-state index is 14.3. The number of hydrazine groups is 1. The number of hydrogen-bond donors (Lipinski definition) is 3. The van der Waals surface area contributed by atoms with Crippen LogP contribution >= 0.6 is 31.9 Å². The standard InChI is InChI=1S/C34H30Br2F3N3O4/c35-26-14-10-22(11-15-26)30-33(20-24-6-2-4-9-29(24)36,32(44)42-40-21-25-7-1-3-8-28(25)34(37,38)39)41-31(46-30)23-12-16-27(17-13-23)45-19-5-18-43/h1-4,6-17,30,40,43H,5,18-21H2,(H,42,44)/t30-,33-/m0/s1. The van der Waals surface area contributed by atoms with Crippen LogP contribution in [0.5, 0.6) is 5.75 Å². The van der Waals surface area contributed by atoms with E-state index in [2.05, 4.69) is 42.7 Å². The molecule has 0 saturated carbocycles. The van der Waals surface area contributed by atoms with Crippen LogP contribution in [-0.4, -0.2) is 35.7 Å². The number of hydrogen-bond acceptors (Lipinski definition) is 6. The van der Waals surface area contributed by atoms with Crippen molar-refractivity contribution in [2.75, 3.05) is 13.2 Å². The predicted octanol–water partition coefficient (Wildman–Crippen LogP) is 7.31. The van der Waals surface area contributed by atoms with E-state index in [4.69, 9.17) is 19.6 Å². The first-order chi connectivity index (χ1) is 22.1. The Morgan fingerprint density at radius 3 is 2.28 bits per heavy atom. The van der Waals surface area contributed by atoms with E-state index < -0.39 is 29.3 Å². The molecule has 12 heteroatoms. The lowest BCUT2D eigenvalue weighted by Gasteiger charge is -2.31. The Bertz CT molecular complexity index is 1680. The molecule has 5 rings (SSSR count). The van der Waals surface area contributed by atoms with Crippen molar-refractivity contribution in [2.45, 2.75) is 37.2 Å². The van der Waals surface area contributed by atoms with E-state index in [1.165, 1.54) is 18.2 Å². The number of aliphatic hydroxyl groups is 1. The summed E-state index contributed by atoms with van der Waals surface area (Å²) in [6.07, 6.45) is -4.84. The second-order valence-electron chi connectivity index (χ2n) is 10.6. The van der Waals surface area contributed by atoms with Gasteiger partial charge in [0.25, 0.3) is 5.91 Å². The third kappa shape index (κ3) is 7.80. The van der Waals surface area contributed by atoms with E-state index in [1.807, 2.05) is 48.5 Å². The number of nitrogens with zero attached hydrogens (tertiary/aromatic N) is 1. The lowest BCUT2D eigenvalue weighted by molar-refractivity contribution is -0.138. The minimum absolute atomic E-state index is 0.0194. The Kier molecular flexibility index (Phi) is 10.8. The van der Waals surface area contributed by atoms with Gasteiger partial charge in [-0.3, -0.25) is 10.2 Å².